The van der Waals surface area contributed by atoms with Crippen molar-refractivity contribution in [2.75, 3.05) is 58.3 Å². The van der Waals surface area contributed by atoms with Gasteiger partial charge in [0.2, 0.25) is 5.91 Å². The number of carbonyl (C=O) groups is 1. The number of piperazine rings is 1. The highest BCUT2D eigenvalue weighted by molar-refractivity contribution is 6.31. The van der Waals surface area contributed by atoms with Gasteiger partial charge >= 0.3 is 0 Å². The third-order valence-electron chi connectivity index (χ3n) is 4.76. The number of hydrogen-bond donors (Lipinski definition) is 1. The van der Waals surface area contributed by atoms with E-state index in [0.29, 0.717) is 34.6 Å². The van der Waals surface area contributed by atoms with Gasteiger partial charge in [0.05, 0.1) is 19.3 Å². The maximum Gasteiger partial charge on any atom is 0.238 e. The van der Waals surface area contributed by atoms with E-state index < -0.39 is 0 Å². The van der Waals surface area contributed by atoms with E-state index in [1.54, 1.807) is 25.3 Å². The maximum atomic E-state index is 12.4. The van der Waals surface area contributed by atoms with Crippen LogP contribution in [-0.4, -0.2) is 68.7 Å². The maximum absolute atomic E-state index is 12.4. The second kappa shape index (κ2) is 10.7. The molecular weight excluding hydrogens is 413 g/mol. The molecule has 1 amide bonds. The first-order chi connectivity index (χ1) is 14.0. The zero-order chi connectivity index (χ0) is 20.6. The lowest BCUT2D eigenvalue weighted by Crippen LogP contribution is -2.49. The van der Waals surface area contributed by atoms with Crippen LogP contribution in [0, 0.1) is 0 Å². The van der Waals surface area contributed by atoms with Gasteiger partial charge in [-0.1, -0.05) is 23.2 Å². The molecule has 0 aromatic heterocycles. The number of hydrogen-bond acceptors (Lipinski definition) is 5. The number of rotatable bonds is 8. The predicted molar refractivity (Wildman–Crippen MR) is 116 cm³/mol. The summed E-state index contributed by atoms with van der Waals surface area (Å²) in [7, 11) is 1.56. The number of benzene rings is 2. The van der Waals surface area contributed by atoms with Crippen LogP contribution < -0.4 is 14.8 Å². The Labute approximate surface area is 181 Å². The molecule has 1 N–H and O–H groups in total. The molecule has 29 heavy (non-hydrogen) atoms. The number of ether oxygens (including phenoxy) is 2. The van der Waals surface area contributed by atoms with Crippen molar-refractivity contribution in [1.82, 2.24) is 9.80 Å². The number of anilines is 1. The molecule has 0 radical (unpaired) electrons. The summed E-state index contributed by atoms with van der Waals surface area (Å²) in [6.07, 6.45) is 0. The molecule has 0 unspecified atom stereocenters. The zero-order valence-corrected chi connectivity index (χ0v) is 17.9. The number of nitrogens with zero attached hydrogens (tertiary/aromatic N) is 2. The molecule has 1 fully saturated rings. The lowest BCUT2D eigenvalue weighted by atomic mass is 10.2. The van der Waals surface area contributed by atoms with Gasteiger partial charge in [-0.05, 0) is 42.5 Å². The Morgan fingerprint density at radius 1 is 1.00 bits per heavy atom. The van der Waals surface area contributed by atoms with Gasteiger partial charge in [0.15, 0.2) is 0 Å². The first-order valence-electron chi connectivity index (χ1n) is 9.50. The zero-order valence-electron chi connectivity index (χ0n) is 16.4. The van der Waals surface area contributed by atoms with E-state index in [0.717, 1.165) is 38.5 Å². The highest BCUT2D eigenvalue weighted by Gasteiger charge is 2.19. The van der Waals surface area contributed by atoms with E-state index in [4.69, 9.17) is 32.7 Å². The minimum atomic E-state index is -0.0786. The van der Waals surface area contributed by atoms with Crippen LogP contribution in [0.5, 0.6) is 11.5 Å². The Balaban J connectivity index is 1.37. The number of methoxy groups -OCH3 is 1. The molecule has 156 valence electrons. The van der Waals surface area contributed by atoms with E-state index in [2.05, 4.69) is 15.1 Å². The molecule has 2 aromatic carbocycles. The fourth-order valence-corrected chi connectivity index (χ4v) is 3.46. The largest absolute Gasteiger partial charge is 0.495 e. The molecule has 2 aromatic rings. The average Bonchev–Trinajstić information content (AvgIpc) is 2.71. The SMILES string of the molecule is COc1ccc(Cl)cc1NC(=O)CN1CCN(CCOc2ccc(Cl)cc2)CC1. The lowest BCUT2D eigenvalue weighted by molar-refractivity contribution is -0.117. The number of amides is 1. The molecule has 3 rings (SSSR count). The van der Waals surface area contributed by atoms with Crippen molar-refractivity contribution in [3.05, 3.63) is 52.5 Å². The van der Waals surface area contributed by atoms with Crippen LogP contribution in [0.4, 0.5) is 5.69 Å². The smallest absolute Gasteiger partial charge is 0.238 e. The Hall–Kier alpha value is -1.99. The highest BCUT2D eigenvalue weighted by atomic mass is 35.5. The molecule has 0 spiro atoms. The van der Waals surface area contributed by atoms with Gasteiger partial charge in [0.25, 0.3) is 0 Å². The molecular formula is C21H25Cl2N3O3. The Morgan fingerprint density at radius 3 is 2.34 bits per heavy atom. The quantitative estimate of drug-likeness (QED) is 0.682. The van der Waals surface area contributed by atoms with Crippen LogP contribution in [0.1, 0.15) is 0 Å². The topological polar surface area (TPSA) is 54.0 Å². The number of nitrogens with one attached hydrogen (secondary N) is 1. The molecule has 6 nitrogen and oxygen atoms in total. The van der Waals surface area contributed by atoms with Gasteiger partial charge in [-0.2, -0.15) is 0 Å². The third kappa shape index (κ3) is 6.78. The van der Waals surface area contributed by atoms with Crippen LogP contribution in [-0.2, 0) is 4.79 Å². The standard InChI is InChI=1S/C21H25Cl2N3O3/c1-28-20-7-4-17(23)14-19(20)24-21(27)15-26-10-8-25(9-11-26)12-13-29-18-5-2-16(22)3-6-18/h2-7,14H,8-13,15H2,1H3,(H,24,27). The van der Waals surface area contributed by atoms with E-state index in [1.807, 2.05) is 24.3 Å². The van der Waals surface area contributed by atoms with Crippen molar-refractivity contribution in [3.8, 4) is 11.5 Å². The van der Waals surface area contributed by atoms with Gasteiger partial charge in [0, 0.05) is 42.8 Å². The summed E-state index contributed by atoms with van der Waals surface area (Å²) < 4.78 is 11.0. The molecule has 8 heteroatoms. The van der Waals surface area contributed by atoms with Crippen molar-refractivity contribution in [2.45, 2.75) is 0 Å². The average molecular weight is 438 g/mol. The molecule has 1 heterocycles. The normalized spacial score (nSPS) is 15.1. The monoisotopic (exact) mass is 437 g/mol. The molecule has 0 saturated carbocycles. The first kappa shape index (κ1) is 21.7. The van der Waals surface area contributed by atoms with Crippen LogP contribution in [0.2, 0.25) is 10.0 Å². The fourth-order valence-electron chi connectivity index (χ4n) is 3.17. The molecule has 1 aliphatic heterocycles. The lowest BCUT2D eigenvalue weighted by Gasteiger charge is -2.34. The van der Waals surface area contributed by atoms with Crippen LogP contribution >= 0.6 is 23.2 Å². The van der Waals surface area contributed by atoms with E-state index >= 15 is 0 Å². The van der Waals surface area contributed by atoms with Gasteiger partial charge in [-0.15, -0.1) is 0 Å². The van der Waals surface area contributed by atoms with Crippen molar-refractivity contribution in [2.24, 2.45) is 0 Å². The summed E-state index contributed by atoms with van der Waals surface area (Å²) in [6, 6.07) is 12.5. The Bertz CT molecular complexity index is 809. The van der Waals surface area contributed by atoms with Crippen molar-refractivity contribution in [1.29, 1.82) is 0 Å². The Kier molecular flexibility index (Phi) is 8.00. The molecule has 1 saturated heterocycles. The molecule has 0 atom stereocenters. The summed E-state index contributed by atoms with van der Waals surface area (Å²) >= 11 is 11.9. The van der Waals surface area contributed by atoms with Gasteiger partial charge < -0.3 is 14.8 Å². The minimum Gasteiger partial charge on any atom is -0.495 e. The summed E-state index contributed by atoms with van der Waals surface area (Å²) in [5.41, 5.74) is 0.586. The first-order valence-corrected chi connectivity index (χ1v) is 10.3. The van der Waals surface area contributed by atoms with Crippen molar-refractivity contribution < 1.29 is 14.3 Å². The second-order valence-electron chi connectivity index (χ2n) is 6.81. The van der Waals surface area contributed by atoms with Crippen LogP contribution in [0.15, 0.2) is 42.5 Å². The Morgan fingerprint density at radius 2 is 1.66 bits per heavy atom. The summed E-state index contributed by atoms with van der Waals surface area (Å²) in [5, 5.41) is 4.14. The third-order valence-corrected chi connectivity index (χ3v) is 5.24. The molecule has 0 aliphatic carbocycles. The summed E-state index contributed by atoms with van der Waals surface area (Å²) in [5.74, 6) is 1.33. The second-order valence-corrected chi connectivity index (χ2v) is 7.69. The summed E-state index contributed by atoms with van der Waals surface area (Å²) in [6.45, 7) is 5.28. The molecule has 0 bridgehead atoms. The van der Waals surface area contributed by atoms with E-state index in [1.165, 1.54) is 0 Å². The van der Waals surface area contributed by atoms with Crippen LogP contribution in [0.3, 0.4) is 0 Å². The predicted octanol–water partition coefficient (Wildman–Crippen LogP) is 3.64. The van der Waals surface area contributed by atoms with Crippen molar-refractivity contribution >= 4 is 34.8 Å². The van der Waals surface area contributed by atoms with Crippen LogP contribution in [0.25, 0.3) is 0 Å². The van der Waals surface area contributed by atoms with E-state index in [9.17, 15) is 4.79 Å². The number of carbonyl (C=O) groups excluding carboxylic acids is 1. The minimum absolute atomic E-state index is 0.0786. The van der Waals surface area contributed by atoms with Gasteiger partial charge in [-0.25, -0.2) is 0 Å². The summed E-state index contributed by atoms with van der Waals surface area (Å²) in [4.78, 5) is 16.9. The highest BCUT2D eigenvalue weighted by Crippen LogP contribution is 2.27. The van der Waals surface area contributed by atoms with Gasteiger partial charge in [0.1, 0.15) is 18.1 Å². The number of halogens is 2. The van der Waals surface area contributed by atoms with E-state index in [-0.39, 0.29) is 5.91 Å². The fraction of sp³-hybridized carbons (Fsp3) is 0.381. The molecule has 1 aliphatic rings. The van der Waals surface area contributed by atoms with Gasteiger partial charge in [-0.3, -0.25) is 14.6 Å². The van der Waals surface area contributed by atoms with Crippen molar-refractivity contribution in [3.63, 3.8) is 0 Å².